The molecule has 0 fully saturated rings. The van der Waals surface area contributed by atoms with Gasteiger partial charge in [-0.05, 0) is 85.5 Å². The normalized spacial score (nSPS) is 12.1. The predicted octanol–water partition coefficient (Wildman–Crippen LogP) is 7.49. The average molecular weight is 520 g/mol. The molecule has 0 bridgehead atoms. The first-order valence-corrected chi connectivity index (χ1v) is 11.3. The Morgan fingerprint density at radius 3 is 2.34 bits per heavy atom. The fourth-order valence-corrected chi connectivity index (χ4v) is 3.95. The van der Waals surface area contributed by atoms with Crippen LogP contribution in [-0.2, 0) is 28.5 Å². The topological polar surface area (TPSA) is 52.3 Å². The quantitative estimate of drug-likeness (QED) is 0.145. The van der Waals surface area contributed by atoms with Crippen molar-refractivity contribution in [1.82, 2.24) is 0 Å². The van der Waals surface area contributed by atoms with Gasteiger partial charge in [-0.25, -0.2) is 8.78 Å². The van der Waals surface area contributed by atoms with Gasteiger partial charge in [0.15, 0.2) is 0 Å². The zero-order chi connectivity index (χ0) is 25.5. The van der Waals surface area contributed by atoms with Gasteiger partial charge in [0.1, 0.15) is 11.6 Å². The predicted molar refractivity (Wildman–Crippen MR) is 129 cm³/mol. The summed E-state index contributed by atoms with van der Waals surface area (Å²) in [5.41, 5.74) is 5.58. The minimum Gasteiger partial charge on any atom is -0.466 e. The second kappa shape index (κ2) is 13.6. The van der Waals surface area contributed by atoms with E-state index in [1.54, 1.807) is 19.9 Å². The van der Waals surface area contributed by atoms with E-state index in [0.29, 0.717) is 36.0 Å². The van der Waals surface area contributed by atoms with E-state index >= 15 is 0 Å². The van der Waals surface area contributed by atoms with Crippen LogP contribution in [0.5, 0.6) is 0 Å². The number of carbonyl (C=O) groups excluding carboxylic acids is 1. The molecule has 2 aromatic rings. The van der Waals surface area contributed by atoms with Crippen molar-refractivity contribution in [2.45, 2.75) is 64.6 Å². The second-order valence-electron chi connectivity index (χ2n) is 8.03. The molecule has 0 aliphatic heterocycles. The number of aryl methyl sites for hydroxylation is 2. The van der Waals surface area contributed by atoms with Gasteiger partial charge in [-0.2, -0.15) is 13.2 Å². The number of unbranched alkanes of at least 4 members (excludes halogenated alkanes) is 2. The summed E-state index contributed by atoms with van der Waals surface area (Å²) in [6, 6.07) is 3.19. The Balaban J connectivity index is 0.00000612. The van der Waals surface area contributed by atoms with Gasteiger partial charge in [0, 0.05) is 11.6 Å². The third kappa shape index (κ3) is 8.04. The molecule has 9 heteroatoms. The number of benzene rings is 2. The Kier molecular flexibility index (Phi) is 11.9. The second-order valence-corrected chi connectivity index (χ2v) is 8.03. The summed E-state index contributed by atoms with van der Waals surface area (Å²) >= 11 is 0. The first-order valence-electron chi connectivity index (χ1n) is 11.3. The smallest absolute Gasteiger partial charge is 0.419 e. The zero-order valence-corrected chi connectivity index (χ0v) is 20.6. The van der Waals surface area contributed by atoms with Crippen LogP contribution in [0.1, 0.15) is 67.8 Å². The number of carbonyl (C=O) groups is 1. The van der Waals surface area contributed by atoms with Crippen molar-refractivity contribution in [3.05, 3.63) is 70.8 Å². The monoisotopic (exact) mass is 519 g/mol. The van der Waals surface area contributed by atoms with Crippen LogP contribution < -0.4 is 5.73 Å². The zero-order valence-electron chi connectivity index (χ0n) is 19.8. The highest BCUT2D eigenvalue weighted by Gasteiger charge is 2.37. The number of nitrogens with two attached hydrogens (primary N) is 1. The number of rotatable bonds is 11. The lowest BCUT2D eigenvalue weighted by molar-refractivity contribution is -0.143. The summed E-state index contributed by atoms with van der Waals surface area (Å²) in [4.78, 5) is 11.8. The highest BCUT2D eigenvalue weighted by atomic mass is 35.5. The molecular weight excluding hydrogens is 489 g/mol. The van der Waals surface area contributed by atoms with E-state index in [1.165, 1.54) is 18.2 Å². The highest BCUT2D eigenvalue weighted by Crippen LogP contribution is 2.40. The van der Waals surface area contributed by atoms with Crippen molar-refractivity contribution in [1.29, 1.82) is 0 Å². The van der Waals surface area contributed by atoms with Gasteiger partial charge < -0.3 is 10.5 Å². The minimum absolute atomic E-state index is 0. The van der Waals surface area contributed by atoms with Crippen molar-refractivity contribution in [3.8, 4) is 11.1 Å². The van der Waals surface area contributed by atoms with E-state index < -0.39 is 47.4 Å². The fourth-order valence-electron chi connectivity index (χ4n) is 3.95. The van der Waals surface area contributed by atoms with Gasteiger partial charge >= 0.3 is 12.1 Å². The molecule has 0 heterocycles. The van der Waals surface area contributed by atoms with E-state index in [-0.39, 0.29) is 24.6 Å². The molecule has 0 amide bonds. The van der Waals surface area contributed by atoms with Crippen LogP contribution in [0, 0.1) is 11.6 Å². The number of ether oxygens (including phenoxy) is 1. The van der Waals surface area contributed by atoms with Gasteiger partial charge in [-0.15, -0.1) is 19.0 Å². The summed E-state index contributed by atoms with van der Waals surface area (Å²) in [5, 5.41) is 0. The number of esters is 1. The number of allylic oxidation sites excluding steroid dienone is 1. The third-order valence-electron chi connectivity index (χ3n) is 5.54. The highest BCUT2D eigenvalue weighted by molar-refractivity contribution is 5.85. The third-order valence-corrected chi connectivity index (χ3v) is 5.54. The van der Waals surface area contributed by atoms with Crippen molar-refractivity contribution >= 4 is 18.4 Å². The first-order chi connectivity index (χ1) is 16.0. The molecule has 35 heavy (non-hydrogen) atoms. The molecule has 194 valence electrons. The average Bonchev–Trinajstić information content (AvgIpc) is 2.75. The van der Waals surface area contributed by atoms with Crippen LogP contribution >= 0.6 is 12.4 Å². The Labute approximate surface area is 209 Å². The van der Waals surface area contributed by atoms with Gasteiger partial charge in [-0.3, -0.25) is 4.79 Å². The number of halogens is 6. The molecule has 0 unspecified atom stereocenters. The SMILES string of the molecule is C=CCCCCc1cc(F)cc(CC)c1-c1cc([C@@H](N)CC(=O)OCC)c(F)c(C(F)(F)F)c1.Cl. The molecule has 2 aromatic carbocycles. The van der Waals surface area contributed by atoms with Gasteiger partial charge in [-0.1, -0.05) is 13.0 Å². The first kappa shape index (κ1) is 30.6. The minimum atomic E-state index is -4.99. The molecule has 0 aliphatic rings. The fraction of sp³-hybridized carbons (Fsp3) is 0.423. The Morgan fingerprint density at radius 1 is 1.11 bits per heavy atom. The van der Waals surface area contributed by atoms with Gasteiger partial charge in [0.2, 0.25) is 0 Å². The lowest BCUT2D eigenvalue weighted by Gasteiger charge is -2.21. The summed E-state index contributed by atoms with van der Waals surface area (Å²) in [6.07, 6.45) is -0.711. The van der Waals surface area contributed by atoms with Crippen LogP contribution in [0.25, 0.3) is 11.1 Å². The lowest BCUT2D eigenvalue weighted by Crippen LogP contribution is -2.21. The maximum Gasteiger partial charge on any atom is 0.419 e. The molecule has 0 radical (unpaired) electrons. The summed E-state index contributed by atoms with van der Waals surface area (Å²) in [6.45, 7) is 7.06. The molecule has 0 spiro atoms. The van der Waals surface area contributed by atoms with E-state index in [1.807, 2.05) is 0 Å². The van der Waals surface area contributed by atoms with Crippen molar-refractivity contribution in [3.63, 3.8) is 0 Å². The summed E-state index contributed by atoms with van der Waals surface area (Å²) in [7, 11) is 0. The largest absolute Gasteiger partial charge is 0.466 e. The lowest BCUT2D eigenvalue weighted by atomic mass is 9.87. The molecular formula is C26H31ClF5NO2. The van der Waals surface area contributed by atoms with Crippen molar-refractivity contribution < 1.29 is 31.5 Å². The summed E-state index contributed by atoms with van der Waals surface area (Å²) in [5.74, 6) is -2.76. The van der Waals surface area contributed by atoms with Crippen molar-refractivity contribution in [2.24, 2.45) is 5.73 Å². The van der Waals surface area contributed by atoms with Crippen LogP contribution in [-0.4, -0.2) is 12.6 Å². The van der Waals surface area contributed by atoms with Crippen LogP contribution in [0.4, 0.5) is 22.0 Å². The molecule has 1 atom stereocenters. The number of alkyl halides is 3. The molecule has 0 saturated carbocycles. The van der Waals surface area contributed by atoms with Crippen LogP contribution in [0.15, 0.2) is 36.9 Å². The van der Waals surface area contributed by atoms with E-state index in [4.69, 9.17) is 10.5 Å². The molecule has 0 saturated heterocycles. The molecule has 0 aromatic heterocycles. The van der Waals surface area contributed by atoms with Crippen molar-refractivity contribution in [2.75, 3.05) is 6.61 Å². The molecule has 0 aliphatic carbocycles. The summed E-state index contributed by atoms with van der Waals surface area (Å²) < 4.78 is 75.4. The van der Waals surface area contributed by atoms with Crippen LogP contribution in [0.3, 0.4) is 0 Å². The Morgan fingerprint density at radius 2 is 1.77 bits per heavy atom. The van der Waals surface area contributed by atoms with E-state index in [2.05, 4.69) is 6.58 Å². The molecule has 3 nitrogen and oxygen atoms in total. The Bertz CT molecular complexity index is 1020. The Hall–Kier alpha value is -2.45. The van der Waals surface area contributed by atoms with E-state index in [9.17, 15) is 26.7 Å². The maximum absolute atomic E-state index is 15.0. The van der Waals surface area contributed by atoms with Crippen LogP contribution in [0.2, 0.25) is 0 Å². The number of hydrogen-bond acceptors (Lipinski definition) is 3. The molecule has 2 N–H and O–H groups in total. The maximum atomic E-state index is 15.0. The van der Waals surface area contributed by atoms with E-state index in [0.717, 1.165) is 18.9 Å². The molecule has 2 rings (SSSR count). The standard InChI is InChI=1S/C26H30F5NO2.ClH/c1-4-7-8-9-10-17-12-19(27)11-16(5-2)24(17)18-13-20(22(32)15-23(33)34-6-3)25(28)21(14-18)26(29,30)31;/h4,11-14,22H,1,5-10,15,32H2,2-3H3;1H/t22-;/m0./s1. The van der Waals surface area contributed by atoms with Gasteiger partial charge in [0.25, 0.3) is 0 Å². The van der Waals surface area contributed by atoms with Gasteiger partial charge in [0.05, 0.1) is 18.6 Å². The number of hydrogen-bond donors (Lipinski definition) is 1.